The Hall–Kier alpha value is -3.09. The van der Waals surface area contributed by atoms with Gasteiger partial charge in [0.25, 0.3) is 5.69 Å². The molecule has 0 fully saturated rings. The lowest BCUT2D eigenvalue weighted by Crippen LogP contribution is -2.22. The van der Waals surface area contributed by atoms with E-state index in [1.807, 2.05) is 0 Å². The number of aromatic hydroxyl groups is 2. The van der Waals surface area contributed by atoms with Crippen molar-refractivity contribution < 1.29 is 19.9 Å². The Balaban J connectivity index is 1.99. The highest BCUT2D eigenvalue weighted by molar-refractivity contribution is 5.92. The molecular formula is C16H16N2O5. The second kappa shape index (κ2) is 6.78. The highest BCUT2D eigenvalue weighted by atomic mass is 16.6. The number of nitro groups is 1. The lowest BCUT2D eigenvalue weighted by Gasteiger charge is -2.12. The summed E-state index contributed by atoms with van der Waals surface area (Å²) < 4.78 is 0. The molecule has 23 heavy (non-hydrogen) atoms. The number of hydrogen-bond donors (Lipinski definition) is 3. The average molecular weight is 316 g/mol. The van der Waals surface area contributed by atoms with E-state index in [1.54, 1.807) is 13.0 Å². The maximum Gasteiger partial charge on any atom is 0.269 e. The minimum atomic E-state index is -0.508. The van der Waals surface area contributed by atoms with Crippen LogP contribution in [0.2, 0.25) is 0 Å². The van der Waals surface area contributed by atoms with Gasteiger partial charge in [0.2, 0.25) is 5.91 Å². The summed E-state index contributed by atoms with van der Waals surface area (Å²) in [7, 11) is 0. The van der Waals surface area contributed by atoms with Crippen LogP contribution in [-0.2, 0) is 11.2 Å². The molecule has 0 saturated heterocycles. The van der Waals surface area contributed by atoms with E-state index < -0.39 is 4.92 Å². The number of nitrogens with zero attached hydrogens (tertiary/aromatic N) is 1. The Morgan fingerprint density at radius 3 is 2.39 bits per heavy atom. The molecule has 2 rings (SSSR count). The summed E-state index contributed by atoms with van der Waals surface area (Å²) in [6.45, 7) is 1.73. The molecule has 7 heteroatoms. The first kappa shape index (κ1) is 16.3. The van der Waals surface area contributed by atoms with Crippen molar-refractivity contribution in [1.82, 2.24) is 0 Å². The fourth-order valence-corrected chi connectivity index (χ4v) is 2.07. The molecule has 0 aliphatic rings. The van der Waals surface area contributed by atoms with Crippen LogP contribution in [0.5, 0.6) is 11.5 Å². The highest BCUT2D eigenvalue weighted by Gasteiger charge is 2.15. The molecule has 1 unspecified atom stereocenters. The van der Waals surface area contributed by atoms with Crippen LogP contribution in [0.25, 0.3) is 0 Å². The Bertz CT molecular complexity index is 728. The van der Waals surface area contributed by atoms with E-state index in [-0.39, 0.29) is 29.0 Å². The number of phenolic OH excluding ortho intramolecular Hbond substituents is 2. The van der Waals surface area contributed by atoms with E-state index in [9.17, 15) is 25.1 Å². The smallest absolute Gasteiger partial charge is 0.269 e. The number of phenols is 2. The number of hydrogen-bond acceptors (Lipinski definition) is 5. The van der Waals surface area contributed by atoms with Gasteiger partial charge in [-0.3, -0.25) is 14.9 Å². The third-order valence-electron chi connectivity index (χ3n) is 3.37. The van der Waals surface area contributed by atoms with Gasteiger partial charge in [-0.25, -0.2) is 0 Å². The van der Waals surface area contributed by atoms with Gasteiger partial charge in [0.05, 0.1) is 4.92 Å². The summed E-state index contributed by atoms with van der Waals surface area (Å²) >= 11 is 0. The van der Waals surface area contributed by atoms with Gasteiger partial charge >= 0.3 is 0 Å². The van der Waals surface area contributed by atoms with E-state index in [2.05, 4.69) is 5.32 Å². The Kier molecular flexibility index (Phi) is 4.80. The maximum atomic E-state index is 12.1. The Morgan fingerprint density at radius 2 is 1.83 bits per heavy atom. The summed E-state index contributed by atoms with van der Waals surface area (Å²) in [5.74, 6) is -1.07. The first-order valence-electron chi connectivity index (χ1n) is 6.93. The second-order valence-electron chi connectivity index (χ2n) is 5.22. The van der Waals surface area contributed by atoms with Gasteiger partial charge in [-0.15, -0.1) is 0 Å². The van der Waals surface area contributed by atoms with E-state index in [0.29, 0.717) is 17.7 Å². The third-order valence-corrected chi connectivity index (χ3v) is 3.37. The van der Waals surface area contributed by atoms with Gasteiger partial charge in [0, 0.05) is 23.7 Å². The molecule has 0 saturated carbocycles. The zero-order chi connectivity index (χ0) is 17.0. The van der Waals surface area contributed by atoms with Crippen molar-refractivity contribution >= 4 is 17.3 Å². The predicted octanol–water partition coefficient (Wildman–Crippen LogP) is 2.82. The lowest BCUT2D eigenvalue weighted by atomic mass is 10.00. The van der Waals surface area contributed by atoms with Crippen molar-refractivity contribution in [1.29, 1.82) is 0 Å². The fourth-order valence-electron chi connectivity index (χ4n) is 2.07. The molecule has 1 amide bonds. The molecule has 7 nitrogen and oxygen atoms in total. The maximum absolute atomic E-state index is 12.1. The fraction of sp³-hybridized carbons (Fsp3) is 0.188. The molecular weight excluding hydrogens is 300 g/mol. The molecule has 0 spiro atoms. The summed E-state index contributed by atoms with van der Waals surface area (Å²) in [5.41, 5.74) is 1.14. The largest absolute Gasteiger partial charge is 0.504 e. The minimum Gasteiger partial charge on any atom is -0.504 e. The van der Waals surface area contributed by atoms with E-state index in [4.69, 9.17) is 0 Å². The summed E-state index contributed by atoms with van der Waals surface area (Å²) in [4.78, 5) is 22.2. The van der Waals surface area contributed by atoms with Crippen LogP contribution < -0.4 is 5.32 Å². The van der Waals surface area contributed by atoms with Crippen molar-refractivity contribution in [2.24, 2.45) is 5.92 Å². The summed E-state index contributed by atoms with van der Waals surface area (Å²) in [5, 5.41) is 32.0. The van der Waals surface area contributed by atoms with Crippen LogP contribution >= 0.6 is 0 Å². The quantitative estimate of drug-likeness (QED) is 0.446. The molecule has 2 aromatic rings. The van der Waals surface area contributed by atoms with Crippen molar-refractivity contribution in [2.75, 3.05) is 5.32 Å². The van der Waals surface area contributed by atoms with Crippen LogP contribution in [0.3, 0.4) is 0 Å². The molecule has 2 aromatic carbocycles. The number of non-ortho nitro benzene ring substituents is 1. The number of carbonyl (C=O) groups is 1. The van der Waals surface area contributed by atoms with Gasteiger partial charge in [0.1, 0.15) is 0 Å². The molecule has 0 aliphatic carbocycles. The molecule has 120 valence electrons. The number of rotatable bonds is 5. The minimum absolute atomic E-state index is 0.0457. The van der Waals surface area contributed by atoms with Crippen molar-refractivity contribution in [3.05, 3.63) is 58.1 Å². The molecule has 0 radical (unpaired) electrons. The Labute approximate surface area is 132 Å². The predicted molar refractivity (Wildman–Crippen MR) is 84.4 cm³/mol. The molecule has 3 N–H and O–H groups in total. The van der Waals surface area contributed by atoms with Crippen LogP contribution in [0, 0.1) is 16.0 Å². The van der Waals surface area contributed by atoms with Gasteiger partial charge in [-0.1, -0.05) is 13.0 Å². The van der Waals surface area contributed by atoms with Gasteiger partial charge in [-0.05, 0) is 36.2 Å². The monoisotopic (exact) mass is 316 g/mol. The molecule has 0 aromatic heterocycles. The number of amides is 1. The van der Waals surface area contributed by atoms with Crippen LogP contribution in [0.15, 0.2) is 42.5 Å². The second-order valence-corrected chi connectivity index (χ2v) is 5.22. The molecule has 0 bridgehead atoms. The normalized spacial score (nSPS) is 11.7. The topological polar surface area (TPSA) is 113 Å². The van der Waals surface area contributed by atoms with Gasteiger partial charge < -0.3 is 15.5 Å². The summed E-state index contributed by atoms with van der Waals surface area (Å²) in [6, 6.07) is 9.97. The van der Waals surface area contributed by atoms with Crippen molar-refractivity contribution in [3.63, 3.8) is 0 Å². The van der Waals surface area contributed by atoms with Gasteiger partial charge in [-0.2, -0.15) is 0 Å². The highest BCUT2D eigenvalue weighted by Crippen LogP contribution is 2.26. The van der Waals surface area contributed by atoms with E-state index >= 15 is 0 Å². The first-order valence-corrected chi connectivity index (χ1v) is 6.93. The number of benzene rings is 2. The zero-order valence-electron chi connectivity index (χ0n) is 12.4. The van der Waals surface area contributed by atoms with Crippen LogP contribution in [-0.4, -0.2) is 21.0 Å². The summed E-state index contributed by atoms with van der Waals surface area (Å²) in [6.07, 6.45) is 0.382. The number of carbonyl (C=O) groups excluding carboxylic acids is 1. The third kappa shape index (κ3) is 4.19. The molecule has 0 aliphatic heterocycles. The Morgan fingerprint density at radius 1 is 1.17 bits per heavy atom. The van der Waals surface area contributed by atoms with Crippen molar-refractivity contribution in [3.8, 4) is 11.5 Å². The number of nitrogens with one attached hydrogen (secondary N) is 1. The van der Waals surface area contributed by atoms with E-state index in [0.717, 1.165) is 0 Å². The average Bonchev–Trinajstić information content (AvgIpc) is 2.51. The van der Waals surface area contributed by atoms with E-state index in [1.165, 1.54) is 36.4 Å². The standard InChI is InChI=1S/C16H16N2O5/c1-10(8-11-2-7-14(19)15(20)9-11)16(21)17-12-3-5-13(6-4-12)18(22)23/h2-7,9-10,19-20H,8H2,1H3,(H,17,21). The number of nitro benzene ring substituents is 1. The lowest BCUT2D eigenvalue weighted by molar-refractivity contribution is -0.384. The zero-order valence-corrected chi connectivity index (χ0v) is 12.4. The van der Waals surface area contributed by atoms with Crippen LogP contribution in [0.4, 0.5) is 11.4 Å². The first-order chi connectivity index (χ1) is 10.9. The SMILES string of the molecule is CC(Cc1ccc(O)c(O)c1)C(=O)Nc1ccc([N+](=O)[O-])cc1. The van der Waals surface area contributed by atoms with Crippen molar-refractivity contribution in [2.45, 2.75) is 13.3 Å². The van der Waals surface area contributed by atoms with Gasteiger partial charge in [0.15, 0.2) is 11.5 Å². The number of anilines is 1. The molecule has 1 atom stereocenters. The van der Waals surface area contributed by atoms with Crippen LogP contribution in [0.1, 0.15) is 12.5 Å². The molecule has 0 heterocycles.